The highest BCUT2D eigenvalue weighted by molar-refractivity contribution is 7.12. The lowest BCUT2D eigenvalue weighted by Gasteiger charge is -2.24. The smallest absolute Gasteiger partial charge is 0.264 e. The van der Waals surface area contributed by atoms with Crippen molar-refractivity contribution >= 4 is 28.6 Å². The van der Waals surface area contributed by atoms with E-state index in [0.29, 0.717) is 0 Å². The molecule has 4 rings (SSSR count). The number of aromatic nitrogens is 2. The lowest BCUT2D eigenvalue weighted by molar-refractivity contribution is 0.0737. The van der Waals surface area contributed by atoms with E-state index < -0.39 is 0 Å². The third-order valence-electron chi connectivity index (χ3n) is 4.36. The van der Waals surface area contributed by atoms with Crippen molar-refractivity contribution in [2.75, 3.05) is 18.9 Å². The molecule has 0 bridgehead atoms. The molecule has 3 aromatic rings. The van der Waals surface area contributed by atoms with Gasteiger partial charge in [0.1, 0.15) is 5.82 Å². The highest BCUT2D eigenvalue weighted by Gasteiger charge is 2.32. The second-order valence-corrected chi connectivity index (χ2v) is 6.65. The minimum atomic E-state index is 0.0449. The highest BCUT2D eigenvalue weighted by Crippen LogP contribution is 2.34. The Morgan fingerprint density at radius 3 is 3.09 bits per heavy atom. The Hall–Kier alpha value is -2.34. The van der Waals surface area contributed by atoms with Crippen molar-refractivity contribution in [1.29, 1.82) is 0 Å². The van der Waals surface area contributed by atoms with Crippen LogP contribution < -0.4 is 5.32 Å². The van der Waals surface area contributed by atoms with Gasteiger partial charge in [-0.05, 0) is 36.4 Å². The number of thiophene rings is 1. The number of nitrogens with one attached hydrogen (secondary N) is 1. The molecule has 1 fully saturated rings. The average molecular weight is 326 g/mol. The minimum Gasteiger partial charge on any atom is -0.371 e. The Morgan fingerprint density at radius 2 is 2.30 bits per heavy atom. The van der Waals surface area contributed by atoms with Crippen LogP contribution in [-0.4, -0.2) is 33.8 Å². The van der Waals surface area contributed by atoms with E-state index in [1.54, 1.807) is 0 Å². The summed E-state index contributed by atoms with van der Waals surface area (Å²) in [6, 6.07) is 7.90. The van der Waals surface area contributed by atoms with E-state index in [4.69, 9.17) is 4.98 Å². The summed E-state index contributed by atoms with van der Waals surface area (Å²) in [6.07, 6.45) is 6.03. The van der Waals surface area contributed by atoms with Crippen LogP contribution >= 0.6 is 11.3 Å². The number of amides is 1. The number of anilines is 1. The van der Waals surface area contributed by atoms with Crippen LogP contribution in [0.4, 0.5) is 5.82 Å². The number of rotatable bonds is 3. The molecule has 3 aromatic heterocycles. The first-order chi connectivity index (χ1) is 11.3. The molecule has 0 saturated carbocycles. The van der Waals surface area contributed by atoms with E-state index in [9.17, 15) is 4.79 Å². The zero-order chi connectivity index (χ0) is 15.8. The Morgan fingerprint density at radius 1 is 1.39 bits per heavy atom. The van der Waals surface area contributed by atoms with Crippen molar-refractivity contribution < 1.29 is 4.79 Å². The topological polar surface area (TPSA) is 49.6 Å². The Kier molecular flexibility index (Phi) is 3.53. The normalized spacial score (nSPS) is 17.8. The van der Waals surface area contributed by atoms with Gasteiger partial charge in [-0.25, -0.2) is 4.98 Å². The monoisotopic (exact) mass is 326 g/mol. The third kappa shape index (κ3) is 2.39. The van der Waals surface area contributed by atoms with Gasteiger partial charge in [-0.2, -0.15) is 0 Å². The quantitative estimate of drug-likeness (QED) is 0.802. The van der Waals surface area contributed by atoms with E-state index in [0.717, 1.165) is 41.3 Å². The minimum absolute atomic E-state index is 0.0449. The molecule has 23 heavy (non-hydrogen) atoms. The number of hydrogen-bond acceptors (Lipinski definition) is 4. The number of carbonyl (C=O) groups is 1. The molecular formula is C17H18N4OS. The molecule has 1 amide bonds. The number of fused-ring (bicyclic) bond motifs is 1. The number of likely N-dealkylation sites (tertiary alicyclic amines) is 1. The molecular weight excluding hydrogens is 308 g/mol. The molecule has 0 radical (unpaired) electrons. The van der Waals surface area contributed by atoms with Gasteiger partial charge in [-0.3, -0.25) is 4.79 Å². The Balaban J connectivity index is 1.72. The van der Waals surface area contributed by atoms with Gasteiger partial charge < -0.3 is 14.6 Å². The van der Waals surface area contributed by atoms with Gasteiger partial charge in [0.25, 0.3) is 5.91 Å². The van der Waals surface area contributed by atoms with Gasteiger partial charge >= 0.3 is 0 Å². The largest absolute Gasteiger partial charge is 0.371 e. The molecule has 4 heterocycles. The lowest BCUT2D eigenvalue weighted by atomic mass is 10.1. The van der Waals surface area contributed by atoms with Gasteiger partial charge in [-0.1, -0.05) is 6.07 Å². The van der Waals surface area contributed by atoms with Crippen molar-refractivity contribution in [3.63, 3.8) is 0 Å². The fourth-order valence-corrected chi connectivity index (χ4v) is 3.95. The van der Waals surface area contributed by atoms with E-state index >= 15 is 0 Å². The Bertz CT molecular complexity index is 840. The second kappa shape index (κ2) is 5.70. The number of carbonyl (C=O) groups excluding carboxylic acids is 1. The predicted octanol–water partition coefficient (Wildman–Crippen LogP) is 3.41. The van der Waals surface area contributed by atoms with Crippen LogP contribution in [0, 0.1) is 0 Å². The first kappa shape index (κ1) is 14.3. The maximum absolute atomic E-state index is 12.7. The van der Waals surface area contributed by atoms with Gasteiger partial charge in [0.15, 0.2) is 0 Å². The highest BCUT2D eigenvalue weighted by atomic mass is 32.1. The van der Waals surface area contributed by atoms with Crippen molar-refractivity contribution in [3.05, 3.63) is 52.6 Å². The summed E-state index contributed by atoms with van der Waals surface area (Å²) in [4.78, 5) is 20.3. The predicted molar refractivity (Wildman–Crippen MR) is 92.1 cm³/mol. The molecule has 1 atom stereocenters. The molecule has 0 spiro atoms. The third-order valence-corrected chi connectivity index (χ3v) is 5.22. The van der Waals surface area contributed by atoms with Gasteiger partial charge in [0.05, 0.1) is 22.1 Å². The van der Waals surface area contributed by atoms with Crippen LogP contribution in [-0.2, 0) is 0 Å². The van der Waals surface area contributed by atoms with Crippen LogP contribution in [0.2, 0.25) is 0 Å². The first-order valence-corrected chi connectivity index (χ1v) is 8.66. The van der Waals surface area contributed by atoms with Crippen LogP contribution in [0.3, 0.4) is 0 Å². The summed E-state index contributed by atoms with van der Waals surface area (Å²) in [7, 11) is 1.88. The van der Waals surface area contributed by atoms with E-state index in [1.807, 2.05) is 54.0 Å². The molecule has 1 aliphatic heterocycles. The summed E-state index contributed by atoms with van der Waals surface area (Å²) in [5.74, 6) is 0.964. The molecule has 1 aliphatic rings. The molecule has 1 N–H and O–H groups in total. The van der Waals surface area contributed by atoms with Crippen LogP contribution in [0.1, 0.15) is 34.2 Å². The van der Waals surface area contributed by atoms with Crippen molar-refractivity contribution in [2.24, 2.45) is 0 Å². The summed E-state index contributed by atoms with van der Waals surface area (Å²) in [5.41, 5.74) is 1.99. The SMILES string of the molecule is CNc1nc(C2CCCN2C(=O)c2cccs2)cn2cccc12. The molecule has 118 valence electrons. The molecule has 0 aliphatic carbocycles. The van der Waals surface area contributed by atoms with Gasteiger partial charge in [-0.15, -0.1) is 11.3 Å². The maximum atomic E-state index is 12.7. The fourth-order valence-electron chi connectivity index (χ4n) is 3.27. The van der Waals surface area contributed by atoms with Crippen LogP contribution in [0.15, 0.2) is 42.0 Å². The fraction of sp³-hybridized carbons (Fsp3) is 0.294. The number of nitrogens with zero attached hydrogens (tertiary/aromatic N) is 3. The molecule has 1 saturated heterocycles. The Labute approximate surface area is 138 Å². The summed E-state index contributed by atoms with van der Waals surface area (Å²) < 4.78 is 2.07. The van der Waals surface area contributed by atoms with Gasteiger partial charge in [0.2, 0.25) is 0 Å². The summed E-state index contributed by atoms with van der Waals surface area (Å²) in [6.45, 7) is 0.793. The van der Waals surface area contributed by atoms with Crippen molar-refractivity contribution in [1.82, 2.24) is 14.3 Å². The van der Waals surface area contributed by atoms with Crippen LogP contribution in [0.25, 0.3) is 5.52 Å². The number of hydrogen-bond donors (Lipinski definition) is 1. The standard InChI is InChI=1S/C17H18N4OS/c1-18-16-14-6-2-8-20(14)11-12(19-16)13-5-3-9-21(13)17(22)15-7-4-10-23-15/h2,4,6-8,10-11,13H,3,5,9H2,1H3,(H,18,19). The summed E-state index contributed by atoms with van der Waals surface area (Å²) in [5, 5.41) is 5.10. The zero-order valence-electron chi connectivity index (χ0n) is 12.9. The maximum Gasteiger partial charge on any atom is 0.264 e. The average Bonchev–Trinajstić information content (AvgIpc) is 3.33. The van der Waals surface area contributed by atoms with E-state index in [2.05, 4.69) is 9.72 Å². The van der Waals surface area contributed by atoms with Gasteiger partial charge in [0, 0.05) is 26.0 Å². The molecule has 0 aromatic carbocycles. The molecule has 1 unspecified atom stereocenters. The van der Waals surface area contributed by atoms with Crippen molar-refractivity contribution in [2.45, 2.75) is 18.9 Å². The van der Waals surface area contributed by atoms with Crippen molar-refractivity contribution in [3.8, 4) is 0 Å². The molecule has 5 nitrogen and oxygen atoms in total. The van der Waals surface area contributed by atoms with E-state index in [1.165, 1.54) is 11.3 Å². The second-order valence-electron chi connectivity index (χ2n) is 5.70. The zero-order valence-corrected chi connectivity index (χ0v) is 13.7. The molecule has 6 heteroatoms. The lowest BCUT2D eigenvalue weighted by Crippen LogP contribution is -2.30. The summed E-state index contributed by atoms with van der Waals surface area (Å²) >= 11 is 1.50. The van der Waals surface area contributed by atoms with E-state index in [-0.39, 0.29) is 11.9 Å². The van der Waals surface area contributed by atoms with Crippen LogP contribution in [0.5, 0.6) is 0 Å². The first-order valence-electron chi connectivity index (χ1n) is 7.78.